The fourth-order valence-corrected chi connectivity index (χ4v) is 4.73. The van der Waals surface area contributed by atoms with Gasteiger partial charge >= 0.3 is 0 Å². The van der Waals surface area contributed by atoms with E-state index in [1.54, 1.807) is 0 Å². The second-order valence-electron chi connectivity index (χ2n) is 8.79. The largest absolute Gasteiger partial charge is 0.385 e. The Balaban J connectivity index is 1.27. The maximum atomic E-state index is 11.0. The Morgan fingerprint density at radius 3 is 2.59 bits per heavy atom. The van der Waals surface area contributed by atoms with Crippen LogP contribution in [0, 0.1) is 0 Å². The van der Waals surface area contributed by atoms with Gasteiger partial charge in [-0.1, -0.05) is 54.6 Å². The number of morpholine rings is 1. The van der Waals surface area contributed by atoms with E-state index in [0.29, 0.717) is 12.1 Å². The van der Waals surface area contributed by atoms with Gasteiger partial charge in [-0.3, -0.25) is 4.90 Å². The van der Waals surface area contributed by atoms with Crippen LogP contribution in [0.1, 0.15) is 49.3 Å². The van der Waals surface area contributed by atoms with Crippen molar-refractivity contribution in [3.63, 3.8) is 0 Å². The highest BCUT2D eigenvalue weighted by Crippen LogP contribution is 2.37. The first-order valence-electron chi connectivity index (χ1n) is 11.0. The van der Waals surface area contributed by atoms with Crippen LogP contribution in [0.3, 0.4) is 0 Å². The van der Waals surface area contributed by atoms with Gasteiger partial charge in [0, 0.05) is 32.2 Å². The van der Waals surface area contributed by atoms with E-state index in [-0.39, 0.29) is 0 Å². The molecule has 0 spiro atoms. The molecule has 156 valence electrons. The Bertz CT molecular complexity index is 771. The average Bonchev–Trinajstić information content (AvgIpc) is 2.74. The standard InChI is InChI=1S/C25H34N2O2/c1-20-18-27(14-15-29-20)19-22-7-5-6-21(16-22)17-26-24-10-12-25(28,13-11-24)23-8-3-2-4-9-23/h2-9,16,20,24,26,28H,10-15,17-19H2,1H3. The zero-order valence-electron chi connectivity index (χ0n) is 17.5. The number of hydrogen-bond donors (Lipinski definition) is 2. The Morgan fingerprint density at radius 1 is 1.07 bits per heavy atom. The molecule has 0 amide bonds. The molecule has 4 rings (SSSR count). The number of hydrogen-bond acceptors (Lipinski definition) is 4. The summed E-state index contributed by atoms with van der Waals surface area (Å²) in [4.78, 5) is 2.48. The molecule has 2 fully saturated rings. The molecule has 4 heteroatoms. The van der Waals surface area contributed by atoms with Crippen molar-refractivity contribution >= 4 is 0 Å². The van der Waals surface area contributed by atoms with Gasteiger partial charge in [-0.25, -0.2) is 0 Å². The number of aliphatic hydroxyl groups is 1. The van der Waals surface area contributed by atoms with Gasteiger partial charge in [-0.05, 0) is 49.3 Å². The zero-order chi connectivity index (χ0) is 20.1. The van der Waals surface area contributed by atoms with Gasteiger partial charge in [0.1, 0.15) is 0 Å². The molecule has 0 bridgehead atoms. The molecule has 1 saturated carbocycles. The fraction of sp³-hybridized carbons (Fsp3) is 0.520. The molecule has 2 aliphatic rings. The molecule has 0 aromatic heterocycles. The number of rotatable bonds is 6. The van der Waals surface area contributed by atoms with Gasteiger partial charge in [-0.15, -0.1) is 0 Å². The molecule has 2 N–H and O–H groups in total. The zero-order valence-corrected chi connectivity index (χ0v) is 17.5. The van der Waals surface area contributed by atoms with Gasteiger partial charge in [-0.2, -0.15) is 0 Å². The maximum Gasteiger partial charge on any atom is 0.0897 e. The van der Waals surface area contributed by atoms with E-state index in [1.165, 1.54) is 11.1 Å². The third-order valence-electron chi connectivity index (χ3n) is 6.44. The van der Waals surface area contributed by atoms with Gasteiger partial charge < -0.3 is 15.2 Å². The van der Waals surface area contributed by atoms with Crippen LogP contribution >= 0.6 is 0 Å². The van der Waals surface area contributed by atoms with Crippen LogP contribution in [0.5, 0.6) is 0 Å². The third-order valence-corrected chi connectivity index (χ3v) is 6.44. The summed E-state index contributed by atoms with van der Waals surface area (Å²) in [5.41, 5.74) is 3.12. The van der Waals surface area contributed by atoms with Crippen molar-refractivity contribution in [1.82, 2.24) is 10.2 Å². The summed E-state index contributed by atoms with van der Waals surface area (Å²) in [7, 11) is 0. The van der Waals surface area contributed by atoms with Crippen molar-refractivity contribution < 1.29 is 9.84 Å². The van der Waals surface area contributed by atoms with Crippen LogP contribution in [0.2, 0.25) is 0 Å². The first-order chi connectivity index (χ1) is 14.1. The summed E-state index contributed by atoms with van der Waals surface area (Å²) in [5.74, 6) is 0. The fourth-order valence-electron chi connectivity index (χ4n) is 4.73. The molecule has 1 saturated heterocycles. The van der Waals surface area contributed by atoms with Gasteiger partial charge in [0.2, 0.25) is 0 Å². The second-order valence-corrected chi connectivity index (χ2v) is 8.79. The smallest absolute Gasteiger partial charge is 0.0897 e. The SMILES string of the molecule is CC1CN(Cc2cccc(CNC3CCC(O)(c4ccccc4)CC3)c2)CCO1. The lowest BCUT2D eigenvalue weighted by Gasteiger charge is -2.37. The first kappa shape index (κ1) is 20.5. The Hall–Kier alpha value is -1.72. The highest BCUT2D eigenvalue weighted by Gasteiger charge is 2.34. The highest BCUT2D eigenvalue weighted by atomic mass is 16.5. The van der Waals surface area contributed by atoms with Gasteiger partial charge in [0.05, 0.1) is 18.3 Å². The lowest BCUT2D eigenvalue weighted by molar-refractivity contribution is -0.0212. The minimum Gasteiger partial charge on any atom is -0.385 e. The summed E-state index contributed by atoms with van der Waals surface area (Å²) in [6.07, 6.45) is 4.00. The lowest BCUT2D eigenvalue weighted by Crippen LogP contribution is -2.40. The Morgan fingerprint density at radius 2 is 1.83 bits per heavy atom. The molecule has 1 unspecified atom stereocenters. The first-order valence-corrected chi connectivity index (χ1v) is 11.0. The van der Waals surface area contributed by atoms with Crippen LogP contribution in [0.15, 0.2) is 54.6 Å². The molecule has 1 aliphatic heterocycles. The topological polar surface area (TPSA) is 44.7 Å². The molecular formula is C25H34N2O2. The molecule has 29 heavy (non-hydrogen) atoms. The summed E-state index contributed by atoms with van der Waals surface area (Å²) < 4.78 is 5.65. The van der Waals surface area contributed by atoms with E-state index >= 15 is 0 Å². The van der Waals surface area contributed by atoms with E-state index in [4.69, 9.17) is 4.74 Å². The van der Waals surface area contributed by atoms with Crippen molar-refractivity contribution in [3.8, 4) is 0 Å². The van der Waals surface area contributed by atoms with Crippen LogP contribution in [0.4, 0.5) is 0 Å². The third kappa shape index (κ3) is 5.46. The summed E-state index contributed by atoms with van der Waals surface area (Å²) in [5, 5.41) is 14.7. The summed E-state index contributed by atoms with van der Waals surface area (Å²) in [6.45, 7) is 6.89. The molecule has 1 atom stereocenters. The second kappa shape index (κ2) is 9.40. The van der Waals surface area contributed by atoms with E-state index in [0.717, 1.165) is 64.0 Å². The van der Waals surface area contributed by atoms with E-state index < -0.39 is 5.60 Å². The molecule has 2 aromatic rings. The van der Waals surface area contributed by atoms with E-state index in [9.17, 15) is 5.11 Å². The quantitative estimate of drug-likeness (QED) is 0.782. The van der Waals surface area contributed by atoms with Crippen molar-refractivity contribution in [1.29, 1.82) is 0 Å². The molecule has 1 aliphatic carbocycles. The summed E-state index contributed by atoms with van der Waals surface area (Å²) >= 11 is 0. The van der Waals surface area contributed by atoms with Crippen molar-refractivity contribution in [2.45, 2.75) is 63.4 Å². The number of nitrogens with one attached hydrogen (secondary N) is 1. The minimum atomic E-state index is -0.658. The molecule has 0 radical (unpaired) electrons. The number of ether oxygens (including phenoxy) is 1. The maximum absolute atomic E-state index is 11.0. The van der Waals surface area contributed by atoms with Gasteiger partial charge in [0.25, 0.3) is 0 Å². The van der Waals surface area contributed by atoms with Crippen LogP contribution < -0.4 is 5.32 Å². The predicted molar refractivity (Wildman–Crippen MR) is 117 cm³/mol. The predicted octanol–water partition coefficient (Wildman–Crippen LogP) is 3.83. The van der Waals surface area contributed by atoms with Crippen LogP contribution in [-0.2, 0) is 23.4 Å². The normalized spacial score (nSPS) is 28.3. The van der Waals surface area contributed by atoms with Crippen molar-refractivity contribution in [3.05, 3.63) is 71.3 Å². The number of benzene rings is 2. The van der Waals surface area contributed by atoms with E-state index in [2.05, 4.69) is 53.5 Å². The van der Waals surface area contributed by atoms with Gasteiger partial charge in [0.15, 0.2) is 0 Å². The van der Waals surface area contributed by atoms with Crippen LogP contribution in [-0.4, -0.2) is 41.8 Å². The van der Waals surface area contributed by atoms with Crippen molar-refractivity contribution in [2.24, 2.45) is 0 Å². The van der Waals surface area contributed by atoms with Crippen molar-refractivity contribution in [2.75, 3.05) is 19.7 Å². The molecular weight excluding hydrogens is 360 g/mol. The number of nitrogens with zero attached hydrogens (tertiary/aromatic N) is 1. The average molecular weight is 395 g/mol. The lowest BCUT2D eigenvalue weighted by atomic mass is 9.78. The molecule has 1 heterocycles. The van der Waals surface area contributed by atoms with E-state index in [1.807, 2.05) is 18.2 Å². The monoisotopic (exact) mass is 394 g/mol. The molecule has 4 nitrogen and oxygen atoms in total. The minimum absolute atomic E-state index is 0.328. The Labute approximate surface area is 174 Å². The van der Waals surface area contributed by atoms with Crippen LogP contribution in [0.25, 0.3) is 0 Å². The summed E-state index contributed by atoms with van der Waals surface area (Å²) in [6, 6.07) is 19.6. The highest BCUT2D eigenvalue weighted by molar-refractivity contribution is 5.24. The Kier molecular flexibility index (Phi) is 6.66. The molecule has 2 aromatic carbocycles.